The van der Waals surface area contributed by atoms with Gasteiger partial charge in [-0.25, -0.2) is 9.18 Å². The number of benzene rings is 1. The van der Waals surface area contributed by atoms with Crippen molar-refractivity contribution < 1.29 is 19.0 Å². The van der Waals surface area contributed by atoms with Gasteiger partial charge < -0.3 is 9.84 Å². The van der Waals surface area contributed by atoms with Crippen LogP contribution in [0.4, 0.5) is 4.39 Å². The fraction of sp³-hybridized carbons (Fsp3) is 0.250. The molecule has 0 amide bonds. The summed E-state index contributed by atoms with van der Waals surface area (Å²) >= 11 is 1.40. The lowest BCUT2D eigenvalue weighted by Gasteiger charge is -2.10. The summed E-state index contributed by atoms with van der Waals surface area (Å²) in [5.74, 6) is -1.43. The fourth-order valence-corrected chi connectivity index (χ4v) is 2.36. The summed E-state index contributed by atoms with van der Waals surface area (Å²) in [7, 11) is 0. The van der Waals surface area contributed by atoms with Gasteiger partial charge in [0.15, 0.2) is 6.10 Å². The van der Waals surface area contributed by atoms with Crippen molar-refractivity contribution in [3.8, 4) is 0 Å². The van der Waals surface area contributed by atoms with E-state index >= 15 is 0 Å². The Balaban J connectivity index is 2.39. The van der Waals surface area contributed by atoms with Gasteiger partial charge in [-0.15, -0.1) is 11.3 Å². The van der Waals surface area contributed by atoms with Gasteiger partial charge in [-0.05, 0) is 35.9 Å². The molecule has 0 saturated carbocycles. The van der Waals surface area contributed by atoms with E-state index in [9.17, 15) is 14.3 Å². The van der Waals surface area contributed by atoms with E-state index in [0.717, 1.165) is 10.1 Å². The molecule has 0 saturated heterocycles. The first-order valence-corrected chi connectivity index (χ1v) is 6.02. The zero-order valence-electron chi connectivity index (χ0n) is 9.14. The number of thiophene rings is 1. The molecule has 3 nitrogen and oxygen atoms in total. The topological polar surface area (TPSA) is 46.5 Å². The Hall–Kier alpha value is -1.46. The van der Waals surface area contributed by atoms with Gasteiger partial charge >= 0.3 is 5.97 Å². The third-order valence-electron chi connectivity index (χ3n) is 2.38. The Labute approximate surface area is 101 Å². The second-order valence-electron chi connectivity index (χ2n) is 3.49. The maximum absolute atomic E-state index is 13.7. The number of aliphatic hydroxyl groups is 1. The van der Waals surface area contributed by atoms with Crippen LogP contribution in [0.15, 0.2) is 23.6 Å². The fourth-order valence-electron chi connectivity index (χ4n) is 1.56. The number of esters is 1. The smallest absolute Gasteiger partial charge is 0.339 e. The molecule has 1 aromatic carbocycles. The van der Waals surface area contributed by atoms with Crippen LogP contribution in [-0.4, -0.2) is 17.7 Å². The molecule has 0 bridgehead atoms. The minimum absolute atomic E-state index is 0.0469. The summed E-state index contributed by atoms with van der Waals surface area (Å²) in [5, 5.41) is 12.3. The largest absolute Gasteiger partial charge is 0.464 e. The van der Waals surface area contributed by atoms with Gasteiger partial charge in [-0.3, -0.25) is 0 Å². The summed E-state index contributed by atoms with van der Waals surface area (Å²) < 4.78 is 19.1. The van der Waals surface area contributed by atoms with Crippen LogP contribution in [0.1, 0.15) is 18.6 Å². The molecule has 1 aromatic heterocycles. The molecule has 90 valence electrons. The van der Waals surface area contributed by atoms with E-state index < -0.39 is 17.9 Å². The van der Waals surface area contributed by atoms with Crippen molar-refractivity contribution in [3.05, 3.63) is 35.0 Å². The number of hydrogen-bond donors (Lipinski definition) is 1. The van der Waals surface area contributed by atoms with E-state index in [2.05, 4.69) is 4.74 Å². The zero-order valence-corrected chi connectivity index (χ0v) is 9.96. The quantitative estimate of drug-likeness (QED) is 0.856. The van der Waals surface area contributed by atoms with E-state index in [4.69, 9.17) is 0 Å². The third-order valence-corrected chi connectivity index (χ3v) is 3.26. The van der Waals surface area contributed by atoms with Crippen molar-refractivity contribution in [3.63, 3.8) is 0 Å². The number of hydrogen-bond acceptors (Lipinski definition) is 4. The van der Waals surface area contributed by atoms with Crippen molar-refractivity contribution in [2.45, 2.75) is 13.0 Å². The highest BCUT2D eigenvalue weighted by Crippen LogP contribution is 2.27. The number of rotatable bonds is 3. The molecule has 5 heteroatoms. The number of carbonyl (C=O) groups excluding carboxylic acids is 1. The van der Waals surface area contributed by atoms with E-state index in [1.54, 1.807) is 13.0 Å². The monoisotopic (exact) mass is 254 g/mol. The van der Waals surface area contributed by atoms with Crippen LogP contribution in [0.3, 0.4) is 0 Å². The lowest BCUT2D eigenvalue weighted by Crippen LogP contribution is -2.16. The Morgan fingerprint density at radius 1 is 1.59 bits per heavy atom. The van der Waals surface area contributed by atoms with E-state index in [1.165, 1.54) is 23.5 Å². The average molecular weight is 254 g/mol. The second-order valence-corrected chi connectivity index (χ2v) is 4.43. The Kier molecular flexibility index (Phi) is 3.40. The number of fused-ring (bicyclic) bond motifs is 1. The van der Waals surface area contributed by atoms with Crippen molar-refractivity contribution in [2.75, 3.05) is 6.61 Å². The maximum atomic E-state index is 13.7. The molecule has 0 spiro atoms. The average Bonchev–Trinajstić information content (AvgIpc) is 2.74. The van der Waals surface area contributed by atoms with Crippen LogP contribution in [-0.2, 0) is 9.53 Å². The predicted octanol–water partition coefficient (Wildman–Crippen LogP) is 2.64. The number of ether oxygens (including phenoxy) is 1. The summed E-state index contributed by atoms with van der Waals surface area (Å²) in [6.45, 7) is 1.78. The molecule has 0 aliphatic heterocycles. The molecule has 2 rings (SSSR count). The standard InChI is InChI=1S/C12H11FO3S/c1-2-16-12(15)11(14)8-5-7-3-4-17-10(7)6-9(8)13/h3-6,11,14H,2H2,1H3. The number of aliphatic hydroxyl groups excluding tert-OH is 1. The molecule has 17 heavy (non-hydrogen) atoms. The van der Waals surface area contributed by atoms with Crippen LogP contribution in [0.25, 0.3) is 10.1 Å². The lowest BCUT2D eigenvalue weighted by atomic mass is 10.1. The summed E-state index contributed by atoms with van der Waals surface area (Å²) in [6.07, 6.45) is -1.57. The van der Waals surface area contributed by atoms with Gasteiger partial charge in [-0.1, -0.05) is 0 Å². The van der Waals surface area contributed by atoms with Crippen molar-refractivity contribution in [1.29, 1.82) is 0 Å². The molecule has 1 heterocycles. The summed E-state index contributed by atoms with van der Waals surface area (Å²) in [4.78, 5) is 11.3. The molecule has 0 radical (unpaired) electrons. The van der Waals surface area contributed by atoms with Crippen LogP contribution in [0, 0.1) is 5.82 Å². The SMILES string of the molecule is CCOC(=O)C(O)c1cc2ccsc2cc1F. The van der Waals surface area contributed by atoms with Crippen LogP contribution in [0.2, 0.25) is 0 Å². The molecule has 1 atom stereocenters. The molecule has 0 aliphatic carbocycles. The predicted molar refractivity (Wildman–Crippen MR) is 63.4 cm³/mol. The van der Waals surface area contributed by atoms with Gasteiger partial charge in [0.05, 0.1) is 6.61 Å². The van der Waals surface area contributed by atoms with E-state index in [1.807, 2.05) is 5.38 Å². The van der Waals surface area contributed by atoms with Crippen molar-refractivity contribution in [1.82, 2.24) is 0 Å². The summed E-state index contributed by atoms with van der Waals surface area (Å²) in [5.41, 5.74) is -0.0469. The molecule has 1 N–H and O–H groups in total. The Morgan fingerprint density at radius 3 is 3.06 bits per heavy atom. The van der Waals surface area contributed by atoms with Gasteiger partial charge in [0.1, 0.15) is 5.82 Å². The van der Waals surface area contributed by atoms with Gasteiger partial charge in [0.25, 0.3) is 0 Å². The molecule has 0 aliphatic rings. The Morgan fingerprint density at radius 2 is 2.35 bits per heavy atom. The van der Waals surface area contributed by atoms with Crippen LogP contribution >= 0.6 is 11.3 Å². The third kappa shape index (κ3) is 2.30. The van der Waals surface area contributed by atoms with Gasteiger partial charge in [0.2, 0.25) is 0 Å². The molecule has 0 fully saturated rings. The first kappa shape index (κ1) is 12.0. The first-order chi connectivity index (χ1) is 8.13. The first-order valence-electron chi connectivity index (χ1n) is 5.15. The van der Waals surface area contributed by atoms with Gasteiger partial charge in [0, 0.05) is 10.3 Å². The normalized spacial score (nSPS) is 12.6. The maximum Gasteiger partial charge on any atom is 0.339 e. The molecular formula is C12H11FO3S. The van der Waals surface area contributed by atoms with E-state index in [-0.39, 0.29) is 12.2 Å². The minimum atomic E-state index is -1.57. The minimum Gasteiger partial charge on any atom is -0.464 e. The Bertz CT molecular complexity index is 550. The molecular weight excluding hydrogens is 243 g/mol. The highest BCUT2D eigenvalue weighted by atomic mass is 32.1. The van der Waals surface area contributed by atoms with Crippen LogP contribution < -0.4 is 0 Å². The molecule has 2 aromatic rings. The van der Waals surface area contributed by atoms with Crippen molar-refractivity contribution >= 4 is 27.4 Å². The summed E-state index contributed by atoms with van der Waals surface area (Å²) in [6, 6.07) is 4.60. The van der Waals surface area contributed by atoms with Crippen LogP contribution in [0.5, 0.6) is 0 Å². The number of halogens is 1. The highest BCUT2D eigenvalue weighted by Gasteiger charge is 2.22. The highest BCUT2D eigenvalue weighted by molar-refractivity contribution is 7.17. The van der Waals surface area contributed by atoms with Crippen molar-refractivity contribution in [2.24, 2.45) is 0 Å². The second kappa shape index (κ2) is 4.81. The van der Waals surface area contributed by atoms with E-state index in [0.29, 0.717) is 0 Å². The number of carbonyl (C=O) groups is 1. The molecule has 1 unspecified atom stereocenters. The lowest BCUT2D eigenvalue weighted by molar-refractivity contribution is -0.153. The zero-order chi connectivity index (χ0) is 12.4. The van der Waals surface area contributed by atoms with Gasteiger partial charge in [-0.2, -0.15) is 0 Å².